The Morgan fingerprint density at radius 2 is 2.15 bits per heavy atom. The molecule has 8 nitrogen and oxygen atoms in total. The summed E-state index contributed by atoms with van der Waals surface area (Å²) in [6, 6.07) is 1.76. The summed E-state index contributed by atoms with van der Waals surface area (Å²) in [5.41, 5.74) is 0.671. The number of halogens is 3. The van der Waals surface area contributed by atoms with Crippen LogP contribution in [-0.4, -0.2) is 34.4 Å². The van der Waals surface area contributed by atoms with E-state index in [1.54, 1.807) is 32.9 Å². The molecule has 1 aliphatic rings. The molecule has 0 saturated carbocycles. The Morgan fingerprint density at radius 1 is 1.39 bits per heavy atom. The van der Waals surface area contributed by atoms with Crippen LogP contribution in [0, 0.1) is 13.8 Å². The Kier molecular flexibility index (Phi) is 5.95. The fraction of sp³-hybridized carbons (Fsp3) is 0.381. The molecule has 4 heterocycles. The van der Waals surface area contributed by atoms with Gasteiger partial charge in [0.2, 0.25) is 0 Å². The summed E-state index contributed by atoms with van der Waals surface area (Å²) in [7, 11) is 0. The molecule has 2 atom stereocenters. The van der Waals surface area contributed by atoms with Gasteiger partial charge in [-0.2, -0.15) is 18.3 Å². The van der Waals surface area contributed by atoms with Gasteiger partial charge in [0.25, 0.3) is 5.91 Å². The van der Waals surface area contributed by atoms with E-state index < -0.39 is 30.1 Å². The smallest absolute Gasteiger partial charge is 0.410 e. The van der Waals surface area contributed by atoms with Crippen molar-refractivity contribution in [3.05, 3.63) is 51.9 Å². The van der Waals surface area contributed by atoms with Crippen LogP contribution in [0.2, 0.25) is 0 Å². The lowest BCUT2D eigenvalue weighted by molar-refractivity contribution is -0.174. The molecule has 0 saturated heterocycles. The minimum Gasteiger partial charge on any atom is -0.467 e. The highest BCUT2D eigenvalue weighted by Gasteiger charge is 2.47. The van der Waals surface area contributed by atoms with E-state index in [-0.39, 0.29) is 35.1 Å². The maximum atomic E-state index is 13.8. The molecule has 4 rings (SSSR count). The van der Waals surface area contributed by atoms with Crippen LogP contribution in [-0.2, 0) is 4.74 Å². The number of aryl methyl sites for hydroxylation is 1. The molecule has 0 radical (unpaired) electrons. The average Bonchev–Trinajstić information content (AvgIpc) is 3.46. The van der Waals surface area contributed by atoms with E-state index in [1.165, 1.54) is 23.7 Å². The monoisotopic (exact) mass is 482 g/mol. The van der Waals surface area contributed by atoms with Crippen molar-refractivity contribution < 1.29 is 31.9 Å². The number of hydrogen-bond donors (Lipinski definition) is 2. The van der Waals surface area contributed by atoms with Crippen molar-refractivity contribution in [2.75, 3.05) is 17.2 Å². The fourth-order valence-electron chi connectivity index (χ4n) is 3.69. The molecule has 0 aromatic carbocycles. The predicted molar refractivity (Wildman–Crippen MR) is 115 cm³/mol. The van der Waals surface area contributed by atoms with Gasteiger partial charge in [-0.25, -0.2) is 9.48 Å². The summed E-state index contributed by atoms with van der Waals surface area (Å²) < 4.78 is 52.5. The molecule has 1 aliphatic heterocycles. The lowest BCUT2D eigenvalue weighted by Gasteiger charge is -2.32. The third kappa shape index (κ3) is 4.34. The highest BCUT2D eigenvalue weighted by molar-refractivity contribution is 7.16. The Balaban J connectivity index is 1.64. The van der Waals surface area contributed by atoms with Gasteiger partial charge >= 0.3 is 12.1 Å². The third-order valence-corrected chi connectivity index (χ3v) is 6.52. The van der Waals surface area contributed by atoms with Gasteiger partial charge in [-0.3, -0.25) is 4.79 Å². The number of carbonyl (C=O) groups excluding carboxylic acids is 2. The summed E-state index contributed by atoms with van der Waals surface area (Å²) in [6.45, 7) is 5.35. The third-order valence-electron chi connectivity index (χ3n) is 5.40. The van der Waals surface area contributed by atoms with Gasteiger partial charge in [0.15, 0.2) is 11.7 Å². The first-order valence-electron chi connectivity index (χ1n) is 10.1. The number of carbonyl (C=O) groups is 2. The van der Waals surface area contributed by atoms with Gasteiger partial charge in [-0.1, -0.05) is 0 Å². The minimum absolute atomic E-state index is 0.0410. The highest BCUT2D eigenvalue weighted by Crippen LogP contribution is 2.44. The quantitative estimate of drug-likeness (QED) is 0.483. The van der Waals surface area contributed by atoms with Gasteiger partial charge in [0.1, 0.15) is 16.6 Å². The van der Waals surface area contributed by atoms with Crippen LogP contribution in [0.15, 0.2) is 28.9 Å². The number of hydrogen-bond acceptors (Lipinski definition) is 7. The topological polar surface area (TPSA) is 98.4 Å². The number of ether oxygens (including phenoxy) is 1. The van der Waals surface area contributed by atoms with Gasteiger partial charge < -0.3 is 19.8 Å². The average molecular weight is 482 g/mol. The maximum absolute atomic E-state index is 13.8. The normalized spacial score (nSPS) is 17.9. The molecule has 12 heteroatoms. The molecule has 1 amide bonds. The molecule has 2 N–H and O–H groups in total. The molecule has 3 aromatic heterocycles. The molecule has 0 spiro atoms. The second-order valence-corrected chi connectivity index (χ2v) is 8.75. The number of rotatable bonds is 5. The van der Waals surface area contributed by atoms with Crippen molar-refractivity contribution in [3.63, 3.8) is 0 Å². The molecule has 0 unspecified atom stereocenters. The van der Waals surface area contributed by atoms with E-state index in [2.05, 4.69) is 15.7 Å². The van der Waals surface area contributed by atoms with E-state index in [0.29, 0.717) is 11.3 Å². The SMILES string of the molecule is CCOC(=O)c1c(NC(=O)c2cc3n(n2)[C@@H](C(F)(F)F)C[C@@H](c2ccco2)N3)sc(C)c1C. The Labute approximate surface area is 190 Å². The number of thiophene rings is 1. The number of fused-ring (bicyclic) bond motifs is 1. The molecule has 33 heavy (non-hydrogen) atoms. The number of nitrogens with one attached hydrogen (secondary N) is 2. The first kappa shape index (κ1) is 22.9. The van der Waals surface area contributed by atoms with Gasteiger partial charge in [0, 0.05) is 17.4 Å². The van der Waals surface area contributed by atoms with Crippen LogP contribution in [0.3, 0.4) is 0 Å². The van der Waals surface area contributed by atoms with Crippen molar-refractivity contribution in [3.8, 4) is 0 Å². The first-order valence-corrected chi connectivity index (χ1v) is 11.0. The van der Waals surface area contributed by atoms with Crippen molar-refractivity contribution in [1.29, 1.82) is 0 Å². The molecular formula is C21H21F3N4O4S. The number of nitrogens with zero attached hydrogens (tertiary/aromatic N) is 2. The standard InChI is InChI=1S/C21H21F3N4O4S/c1-4-31-20(30)17-10(2)11(3)33-19(17)26-18(29)13-9-16-25-12(14-6-5-7-32-14)8-15(21(22,23)24)28(16)27-13/h5-7,9,12,15,25H,4,8H2,1-3H3,(H,26,29)/t12-,15+/m0/s1. The summed E-state index contributed by atoms with van der Waals surface area (Å²) in [5.74, 6) is -0.926. The number of amides is 1. The Morgan fingerprint density at radius 3 is 2.79 bits per heavy atom. The molecule has 0 bridgehead atoms. The van der Waals surface area contributed by atoms with Crippen molar-refractivity contribution >= 4 is 34.0 Å². The predicted octanol–water partition coefficient (Wildman–Crippen LogP) is 5.24. The number of alkyl halides is 3. The van der Waals surface area contributed by atoms with Crippen molar-refractivity contribution in [2.24, 2.45) is 0 Å². The number of aromatic nitrogens is 2. The van der Waals surface area contributed by atoms with Crippen LogP contribution < -0.4 is 10.6 Å². The Hall–Kier alpha value is -3.28. The van der Waals surface area contributed by atoms with E-state index in [9.17, 15) is 22.8 Å². The second-order valence-electron chi connectivity index (χ2n) is 7.53. The lowest BCUT2D eigenvalue weighted by atomic mass is 10.0. The first-order chi connectivity index (χ1) is 15.6. The number of furan rings is 1. The zero-order chi connectivity index (χ0) is 23.9. The molecule has 176 valence electrons. The molecular weight excluding hydrogens is 461 g/mol. The number of anilines is 2. The lowest BCUT2D eigenvalue weighted by Crippen LogP contribution is -2.35. The van der Waals surface area contributed by atoms with Crippen LogP contribution in [0.5, 0.6) is 0 Å². The summed E-state index contributed by atoms with van der Waals surface area (Å²) >= 11 is 1.18. The number of esters is 1. The van der Waals surface area contributed by atoms with Gasteiger partial charge in [0.05, 0.1) is 24.5 Å². The Bertz CT molecular complexity index is 1180. The second kappa shape index (κ2) is 8.58. The van der Waals surface area contributed by atoms with Gasteiger partial charge in [-0.05, 0) is 38.5 Å². The van der Waals surface area contributed by atoms with Crippen LogP contribution >= 0.6 is 11.3 Å². The van der Waals surface area contributed by atoms with E-state index in [4.69, 9.17) is 9.15 Å². The van der Waals surface area contributed by atoms with Crippen LogP contribution in [0.25, 0.3) is 0 Å². The summed E-state index contributed by atoms with van der Waals surface area (Å²) in [4.78, 5) is 26.0. The van der Waals surface area contributed by atoms with Crippen LogP contribution in [0.1, 0.15) is 62.5 Å². The largest absolute Gasteiger partial charge is 0.467 e. The van der Waals surface area contributed by atoms with Crippen LogP contribution in [0.4, 0.5) is 24.0 Å². The minimum atomic E-state index is -4.58. The molecule has 0 fully saturated rings. The molecule has 3 aromatic rings. The van der Waals surface area contributed by atoms with E-state index >= 15 is 0 Å². The zero-order valence-corrected chi connectivity index (χ0v) is 18.8. The highest BCUT2D eigenvalue weighted by atomic mass is 32.1. The zero-order valence-electron chi connectivity index (χ0n) is 17.9. The van der Waals surface area contributed by atoms with Gasteiger partial charge in [-0.15, -0.1) is 11.3 Å². The summed E-state index contributed by atoms with van der Waals surface area (Å²) in [5, 5.41) is 9.75. The van der Waals surface area contributed by atoms with Crippen molar-refractivity contribution in [1.82, 2.24) is 9.78 Å². The maximum Gasteiger partial charge on any atom is 0.410 e. The van der Waals surface area contributed by atoms with E-state index in [0.717, 1.165) is 9.56 Å². The van der Waals surface area contributed by atoms with E-state index in [1.807, 2.05) is 0 Å². The van der Waals surface area contributed by atoms with Crippen molar-refractivity contribution in [2.45, 2.75) is 45.5 Å². The summed E-state index contributed by atoms with van der Waals surface area (Å²) in [6.07, 6.45) is -3.54. The fourth-order valence-corrected chi connectivity index (χ4v) is 4.74. The molecule has 0 aliphatic carbocycles.